The summed E-state index contributed by atoms with van der Waals surface area (Å²) in [6.45, 7) is 1.79. The first-order valence-electron chi connectivity index (χ1n) is 5.68. The molecule has 0 saturated heterocycles. The van der Waals surface area contributed by atoms with Crippen molar-refractivity contribution in [1.82, 2.24) is 9.97 Å². The van der Waals surface area contributed by atoms with E-state index in [1.807, 2.05) is 0 Å². The Balaban J connectivity index is 2.33. The Kier molecular flexibility index (Phi) is 3.17. The number of hydrogen-bond donors (Lipinski definition) is 1. The summed E-state index contributed by atoms with van der Waals surface area (Å²) in [6.07, 6.45) is 8.36. The second-order valence-electron chi connectivity index (χ2n) is 4.32. The monoisotopic (exact) mass is 219 g/mol. The summed E-state index contributed by atoms with van der Waals surface area (Å²) in [5.41, 5.74) is 1.68. The molecule has 0 spiro atoms. The largest absolute Gasteiger partial charge is 0.477 e. The minimum absolute atomic E-state index is 0.0931. The van der Waals surface area contributed by atoms with E-state index in [-0.39, 0.29) is 5.69 Å². The van der Waals surface area contributed by atoms with Crippen LogP contribution in [-0.2, 0) is 0 Å². The van der Waals surface area contributed by atoms with Gasteiger partial charge in [-0.1, -0.05) is 19.3 Å². The van der Waals surface area contributed by atoms with Crippen molar-refractivity contribution >= 4 is 5.97 Å². The Morgan fingerprint density at radius 1 is 1.31 bits per heavy atom. The van der Waals surface area contributed by atoms with Crippen LogP contribution in [0.15, 0.2) is 0 Å². The van der Waals surface area contributed by atoms with E-state index in [1.165, 1.54) is 19.3 Å². The van der Waals surface area contributed by atoms with Crippen LogP contribution in [0.5, 0.6) is 0 Å². The Hall–Kier alpha value is -1.45. The minimum atomic E-state index is -0.992. The van der Waals surface area contributed by atoms with Crippen molar-refractivity contribution in [2.45, 2.75) is 44.9 Å². The second-order valence-corrected chi connectivity index (χ2v) is 4.32. The molecular formula is C12H15N2O2. The zero-order chi connectivity index (χ0) is 11.5. The van der Waals surface area contributed by atoms with Gasteiger partial charge in [-0.3, -0.25) is 0 Å². The third kappa shape index (κ3) is 2.05. The maximum atomic E-state index is 10.9. The van der Waals surface area contributed by atoms with E-state index in [9.17, 15) is 4.79 Å². The molecule has 1 fully saturated rings. The van der Waals surface area contributed by atoms with Crippen molar-refractivity contribution in [3.63, 3.8) is 0 Å². The Morgan fingerprint density at radius 3 is 2.62 bits per heavy atom. The first-order valence-corrected chi connectivity index (χ1v) is 5.68. The molecule has 0 bridgehead atoms. The SMILES string of the molecule is Cc1c(C(=O)O)n[c]nc1C1CCCCC1. The van der Waals surface area contributed by atoms with Crippen LogP contribution in [0, 0.1) is 13.3 Å². The predicted octanol–water partition coefficient (Wildman–Crippen LogP) is 2.33. The fourth-order valence-corrected chi connectivity index (χ4v) is 2.40. The standard InChI is InChI=1S/C12H15N2O2/c1-8-10(9-5-3-2-4-6-9)13-7-14-11(8)12(15)16/h9H,2-6H2,1H3,(H,15,16). The van der Waals surface area contributed by atoms with Gasteiger partial charge in [0.2, 0.25) is 0 Å². The number of aromatic nitrogens is 2. The summed E-state index contributed by atoms with van der Waals surface area (Å²) in [5, 5.41) is 8.98. The molecule has 85 valence electrons. The molecule has 4 nitrogen and oxygen atoms in total. The van der Waals surface area contributed by atoms with Gasteiger partial charge in [0.05, 0.1) is 5.69 Å². The number of nitrogens with zero attached hydrogens (tertiary/aromatic N) is 2. The van der Waals surface area contributed by atoms with Crippen LogP contribution < -0.4 is 0 Å². The molecule has 2 rings (SSSR count). The van der Waals surface area contributed by atoms with E-state index < -0.39 is 5.97 Å². The van der Waals surface area contributed by atoms with Crippen LogP contribution in [0.4, 0.5) is 0 Å². The van der Waals surface area contributed by atoms with Gasteiger partial charge < -0.3 is 5.11 Å². The zero-order valence-corrected chi connectivity index (χ0v) is 9.36. The maximum Gasteiger partial charge on any atom is 0.354 e. The zero-order valence-electron chi connectivity index (χ0n) is 9.36. The number of carboxylic acids is 1. The van der Waals surface area contributed by atoms with Crippen LogP contribution >= 0.6 is 0 Å². The maximum absolute atomic E-state index is 10.9. The molecule has 4 heteroatoms. The summed E-state index contributed by atoms with van der Waals surface area (Å²) in [4.78, 5) is 18.8. The summed E-state index contributed by atoms with van der Waals surface area (Å²) < 4.78 is 0. The number of hydrogen-bond acceptors (Lipinski definition) is 3. The molecule has 0 atom stereocenters. The van der Waals surface area contributed by atoms with Crippen molar-refractivity contribution in [2.75, 3.05) is 0 Å². The van der Waals surface area contributed by atoms with Gasteiger partial charge in [-0.2, -0.15) is 0 Å². The van der Waals surface area contributed by atoms with Gasteiger partial charge in [-0.05, 0) is 19.8 Å². The first kappa shape index (κ1) is 11.0. The average molecular weight is 219 g/mol. The fourth-order valence-electron chi connectivity index (χ4n) is 2.40. The molecule has 0 aliphatic heterocycles. The molecule has 1 N–H and O–H groups in total. The number of aromatic carboxylic acids is 1. The number of carboxylic acid groups (broad SMARTS) is 1. The van der Waals surface area contributed by atoms with Crippen molar-refractivity contribution in [1.29, 1.82) is 0 Å². The third-order valence-electron chi connectivity index (χ3n) is 3.27. The lowest BCUT2D eigenvalue weighted by molar-refractivity contribution is 0.0689. The molecular weight excluding hydrogens is 204 g/mol. The van der Waals surface area contributed by atoms with Gasteiger partial charge >= 0.3 is 5.97 Å². The third-order valence-corrected chi connectivity index (χ3v) is 3.27. The highest BCUT2D eigenvalue weighted by atomic mass is 16.4. The van der Waals surface area contributed by atoms with Gasteiger partial charge in [-0.25, -0.2) is 14.8 Å². The van der Waals surface area contributed by atoms with Crippen molar-refractivity contribution in [2.24, 2.45) is 0 Å². The van der Waals surface area contributed by atoms with Gasteiger partial charge in [-0.15, -0.1) is 0 Å². The quantitative estimate of drug-likeness (QED) is 0.829. The first-order chi connectivity index (χ1) is 7.70. The molecule has 1 aromatic rings. The van der Waals surface area contributed by atoms with Crippen molar-refractivity contribution < 1.29 is 9.90 Å². The van der Waals surface area contributed by atoms with Crippen LogP contribution in [0.25, 0.3) is 0 Å². The lowest BCUT2D eigenvalue weighted by Crippen LogP contribution is -2.13. The highest BCUT2D eigenvalue weighted by Gasteiger charge is 2.22. The molecule has 0 amide bonds. The van der Waals surface area contributed by atoms with E-state index in [0.717, 1.165) is 18.5 Å². The Morgan fingerprint density at radius 2 is 2.00 bits per heavy atom. The molecule has 0 aromatic carbocycles. The van der Waals surface area contributed by atoms with Crippen LogP contribution in [0.1, 0.15) is 59.8 Å². The lowest BCUT2D eigenvalue weighted by atomic mass is 9.85. The van der Waals surface area contributed by atoms with Gasteiger partial charge in [0.1, 0.15) is 0 Å². The van der Waals surface area contributed by atoms with Gasteiger partial charge in [0.15, 0.2) is 12.0 Å². The van der Waals surface area contributed by atoms with Gasteiger partial charge in [0, 0.05) is 11.5 Å². The van der Waals surface area contributed by atoms with Crippen LogP contribution in [0.3, 0.4) is 0 Å². The summed E-state index contributed by atoms with van der Waals surface area (Å²) >= 11 is 0. The molecule has 1 aromatic heterocycles. The molecule has 16 heavy (non-hydrogen) atoms. The molecule has 1 aliphatic carbocycles. The topological polar surface area (TPSA) is 63.1 Å². The second kappa shape index (κ2) is 4.60. The number of carbonyl (C=O) groups is 1. The predicted molar refractivity (Wildman–Crippen MR) is 58.4 cm³/mol. The molecule has 0 unspecified atom stereocenters. The van der Waals surface area contributed by atoms with Crippen LogP contribution in [0.2, 0.25) is 0 Å². The smallest absolute Gasteiger partial charge is 0.354 e. The lowest BCUT2D eigenvalue weighted by Gasteiger charge is -2.22. The number of rotatable bonds is 2. The van der Waals surface area contributed by atoms with E-state index in [0.29, 0.717) is 11.5 Å². The molecule has 1 saturated carbocycles. The highest BCUT2D eigenvalue weighted by Crippen LogP contribution is 2.33. The van der Waals surface area contributed by atoms with E-state index in [4.69, 9.17) is 5.11 Å². The highest BCUT2D eigenvalue weighted by molar-refractivity contribution is 5.87. The Bertz CT molecular complexity index is 398. The van der Waals surface area contributed by atoms with Crippen LogP contribution in [-0.4, -0.2) is 21.0 Å². The molecule has 1 heterocycles. The normalized spacial score (nSPS) is 17.3. The van der Waals surface area contributed by atoms with E-state index in [2.05, 4.69) is 16.3 Å². The summed E-state index contributed by atoms with van der Waals surface area (Å²) in [5.74, 6) is -0.598. The Labute approximate surface area is 94.7 Å². The molecule has 1 radical (unpaired) electrons. The fraction of sp³-hybridized carbons (Fsp3) is 0.583. The van der Waals surface area contributed by atoms with Gasteiger partial charge in [0.25, 0.3) is 0 Å². The van der Waals surface area contributed by atoms with E-state index >= 15 is 0 Å². The average Bonchev–Trinajstić information content (AvgIpc) is 2.30. The van der Waals surface area contributed by atoms with E-state index in [1.54, 1.807) is 6.92 Å². The van der Waals surface area contributed by atoms with Crippen molar-refractivity contribution in [3.8, 4) is 0 Å². The molecule has 1 aliphatic rings. The minimum Gasteiger partial charge on any atom is -0.477 e. The van der Waals surface area contributed by atoms with Crippen molar-refractivity contribution in [3.05, 3.63) is 23.3 Å². The summed E-state index contributed by atoms with van der Waals surface area (Å²) in [6, 6.07) is 0. The summed E-state index contributed by atoms with van der Waals surface area (Å²) in [7, 11) is 0.